The molecule has 0 aromatic carbocycles. The Hall–Kier alpha value is -0.770. The van der Waals surface area contributed by atoms with Crippen LogP contribution in [0.3, 0.4) is 0 Å². The third-order valence-electron chi connectivity index (χ3n) is 3.18. The van der Waals surface area contributed by atoms with Crippen molar-refractivity contribution in [2.24, 2.45) is 4.99 Å². The van der Waals surface area contributed by atoms with Gasteiger partial charge in [0.25, 0.3) is 0 Å². The van der Waals surface area contributed by atoms with E-state index in [1.807, 2.05) is 19.0 Å². The molecule has 1 fully saturated rings. The lowest BCUT2D eigenvalue weighted by Gasteiger charge is -2.19. The van der Waals surface area contributed by atoms with Crippen molar-refractivity contribution < 1.29 is 4.74 Å². The first-order valence-electron chi connectivity index (χ1n) is 6.73. The van der Waals surface area contributed by atoms with Crippen molar-refractivity contribution in [3.05, 3.63) is 0 Å². The van der Waals surface area contributed by atoms with Crippen LogP contribution in [0.25, 0.3) is 0 Å². The molecule has 0 radical (unpaired) electrons. The molecule has 0 unspecified atom stereocenters. The fourth-order valence-corrected chi connectivity index (χ4v) is 2.23. The van der Waals surface area contributed by atoms with Crippen LogP contribution >= 0.6 is 0 Å². The quantitative estimate of drug-likeness (QED) is 0.353. The summed E-state index contributed by atoms with van der Waals surface area (Å²) in [6, 6.07) is 0. The van der Waals surface area contributed by atoms with E-state index in [9.17, 15) is 0 Å². The Labute approximate surface area is 105 Å². The molecule has 1 aliphatic rings. The fraction of sp³-hybridized carbons (Fsp3) is 0.923. The first-order chi connectivity index (χ1) is 8.24. The van der Waals surface area contributed by atoms with Gasteiger partial charge < -0.3 is 15.0 Å². The maximum Gasteiger partial charge on any atom is 0.193 e. The molecule has 0 saturated heterocycles. The Balaban J connectivity index is 2.10. The average molecular weight is 241 g/mol. The van der Waals surface area contributed by atoms with Crippen LogP contribution in [0, 0.1) is 0 Å². The summed E-state index contributed by atoms with van der Waals surface area (Å²) in [4.78, 5) is 6.14. The van der Waals surface area contributed by atoms with Crippen molar-refractivity contribution in [2.75, 3.05) is 34.3 Å². The van der Waals surface area contributed by atoms with E-state index < -0.39 is 0 Å². The summed E-state index contributed by atoms with van der Waals surface area (Å²) in [6.45, 7) is 1.61. The number of ether oxygens (including phenoxy) is 1. The van der Waals surface area contributed by atoms with Gasteiger partial charge in [-0.25, -0.2) is 0 Å². The predicted octanol–water partition coefficient (Wildman–Crippen LogP) is 1.86. The Morgan fingerprint density at radius 1 is 1.24 bits per heavy atom. The molecule has 0 bridgehead atoms. The first kappa shape index (κ1) is 14.3. The van der Waals surface area contributed by atoms with Gasteiger partial charge in [0.05, 0.1) is 12.7 Å². The van der Waals surface area contributed by atoms with E-state index in [1.165, 1.54) is 38.5 Å². The van der Waals surface area contributed by atoms with Crippen LogP contribution in [0.4, 0.5) is 0 Å². The van der Waals surface area contributed by atoms with Crippen LogP contribution in [-0.2, 0) is 4.74 Å². The van der Waals surface area contributed by atoms with Gasteiger partial charge in [-0.3, -0.25) is 4.99 Å². The van der Waals surface area contributed by atoms with Crippen molar-refractivity contribution in [3.8, 4) is 0 Å². The van der Waals surface area contributed by atoms with Crippen molar-refractivity contribution in [1.82, 2.24) is 10.2 Å². The maximum atomic E-state index is 5.90. The zero-order valence-corrected chi connectivity index (χ0v) is 11.5. The van der Waals surface area contributed by atoms with E-state index >= 15 is 0 Å². The monoisotopic (exact) mass is 241 g/mol. The second-order valence-corrected chi connectivity index (χ2v) is 4.85. The highest BCUT2D eigenvalue weighted by Crippen LogP contribution is 2.19. The van der Waals surface area contributed by atoms with E-state index in [2.05, 4.69) is 10.3 Å². The van der Waals surface area contributed by atoms with Crippen LogP contribution in [0.1, 0.15) is 38.5 Å². The van der Waals surface area contributed by atoms with Gasteiger partial charge >= 0.3 is 0 Å². The highest BCUT2D eigenvalue weighted by Gasteiger charge is 2.12. The van der Waals surface area contributed by atoms with E-state index in [1.54, 1.807) is 7.05 Å². The SMILES string of the molecule is CN=C(NCCOC1CCCCCC1)N(C)C. The molecule has 1 N–H and O–H groups in total. The molecule has 0 atom stereocenters. The number of guanidine groups is 1. The molecule has 0 aromatic rings. The van der Waals surface area contributed by atoms with E-state index in [0.29, 0.717) is 6.10 Å². The smallest absolute Gasteiger partial charge is 0.193 e. The molecule has 100 valence electrons. The lowest BCUT2D eigenvalue weighted by Crippen LogP contribution is -2.38. The average Bonchev–Trinajstić information content (AvgIpc) is 2.57. The lowest BCUT2D eigenvalue weighted by molar-refractivity contribution is 0.0466. The number of hydrogen-bond donors (Lipinski definition) is 1. The van der Waals surface area contributed by atoms with Crippen LogP contribution in [0.15, 0.2) is 4.99 Å². The van der Waals surface area contributed by atoms with Gasteiger partial charge in [-0.2, -0.15) is 0 Å². The van der Waals surface area contributed by atoms with Crippen LogP contribution in [0.5, 0.6) is 0 Å². The minimum atomic E-state index is 0.487. The normalized spacial score (nSPS) is 18.9. The number of hydrogen-bond acceptors (Lipinski definition) is 2. The zero-order valence-electron chi connectivity index (χ0n) is 11.5. The van der Waals surface area contributed by atoms with Crippen LogP contribution in [0.2, 0.25) is 0 Å². The Bertz CT molecular complexity index is 221. The molecule has 4 heteroatoms. The number of nitrogens with one attached hydrogen (secondary N) is 1. The summed E-state index contributed by atoms with van der Waals surface area (Å²) < 4.78 is 5.90. The van der Waals surface area contributed by atoms with Gasteiger partial charge in [-0.15, -0.1) is 0 Å². The maximum absolute atomic E-state index is 5.90. The summed E-state index contributed by atoms with van der Waals surface area (Å²) in [5.41, 5.74) is 0. The highest BCUT2D eigenvalue weighted by atomic mass is 16.5. The Morgan fingerprint density at radius 2 is 1.88 bits per heavy atom. The second-order valence-electron chi connectivity index (χ2n) is 4.85. The summed E-state index contributed by atoms with van der Waals surface area (Å²) in [7, 11) is 5.78. The molecule has 1 rings (SSSR count). The van der Waals surface area contributed by atoms with Gasteiger partial charge in [0.15, 0.2) is 5.96 Å². The molecule has 4 nitrogen and oxygen atoms in total. The minimum Gasteiger partial charge on any atom is -0.376 e. The minimum absolute atomic E-state index is 0.487. The molecule has 0 spiro atoms. The second kappa shape index (κ2) is 8.34. The van der Waals surface area contributed by atoms with Crippen LogP contribution in [-0.4, -0.2) is 51.3 Å². The molecule has 1 saturated carbocycles. The first-order valence-corrected chi connectivity index (χ1v) is 6.73. The summed E-state index contributed by atoms with van der Waals surface area (Å²) >= 11 is 0. The zero-order chi connectivity index (χ0) is 12.5. The third-order valence-corrected chi connectivity index (χ3v) is 3.18. The molecule has 0 aliphatic heterocycles. The lowest BCUT2D eigenvalue weighted by atomic mass is 10.1. The number of rotatable bonds is 4. The molecular weight excluding hydrogens is 214 g/mol. The standard InChI is InChI=1S/C13H27N3O/c1-14-13(16(2)3)15-10-11-17-12-8-6-4-5-7-9-12/h12H,4-11H2,1-3H3,(H,14,15). The van der Waals surface area contributed by atoms with Gasteiger partial charge in [0.1, 0.15) is 0 Å². The summed E-state index contributed by atoms with van der Waals surface area (Å²) in [6.07, 6.45) is 8.39. The number of nitrogens with zero attached hydrogens (tertiary/aromatic N) is 2. The van der Waals surface area contributed by atoms with Gasteiger partial charge in [-0.1, -0.05) is 25.7 Å². The Morgan fingerprint density at radius 3 is 2.41 bits per heavy atom. The number of aliphatic imine (C=N–C) groups is 1. The van der Waals surface area contributed by atoms with Crippen molar-refractivity contribution in [1.29, 1.82) is 0 Å². The van der Waals surface area contributed by atoms with E-state index in [-0.39, 0.29) is 0 Å². The van der Waals surface area contributed by atoms with Gasteiger partial charge in [-0.05, 0) is 12.8 Å². The molecule has 0 amide bonds. The summed E-state index contributed by atoms with van der Waals surface area (Å²) in [5, 5.41) is 3.27. The van der Waals surface area contributed by atoms with Gasteiger partial charge in [0.2, 0.25) is 0 Å². The molecular formula is C13H27N3O. The topological polar surface area (TPSA) is 36.9 Å². The third kappa shape index (κ3) is 5.91. The molecule has 0 heterocycles. The van der Waals surface area contributed by atoms with Crippen LogP contribution < -0.4 is 5.32 Å². The molecule has 17 heavy (non-hydrogen) atoms. The van der Waals surface area contributed by atoms with Gasteiger partial charge in [0, 0.05) is 27.7 Å². The van der Waals surface area contributed by atoms with E-state index in [0.717, 1.165) is 19.1 Å². The molecule has 1 aliphatic carbocycles. The molecule has 0 aromatic heterocycles. The Kier molecular flexibility index (Phi) is 7.01. The van der Waals surface area contributed by atoms with Crippen molar-refractivity contribution in [3.63, 3.8) is 0 Å². The van der Waals surface area contributed by atoms with E-state index in [4.69, 9.17) is 4.74 Å². The largest absolute Gasteiger partial charge is 0.376 e. The van der Waals surface area contributed by atoms with Crippen molar-refractivity contribution >= 4 is 5.96 Å². The predicted molar refractivity (Wildman–Crippen MR) is 72.5 cm³/mol. The highest BCUT2D eigenvalue weighted by molar-refractivity contribution is 5.79. The summed E-state index contributed by atoms with van der Waals surface area (Å²) in [5.74, 6) is 0.912. The van der Waals surface area contributed by atoms with Crippen molar-refractivity contribution in [2.45, 2.75) is 44.6 Å². The fourth-order valence-electron chi connectivity index (χ4n) is 2.23.